The van der Waals surface area contributed by atoms with Crippen molar-refractivity contribution in [3.05, 3.63) is 139 Å². The maximum absolute atomic E-state index is 2.38. The van der Waals surface area contributed by atoms with Crippen LogP contribution in [0.25, 0.3) is 43.4 Å². The lowest BCUT2D eigenvalue weighted by Crippen LogP contribution is -2.10. The van der Waals surface area contributed by atoms with Crippen molar-refractivity contribution >= 4 is 49.4 Å². The molecular formula is C35H25N. The summed E-state index contributed by atoms with van der Waals surface area (Å²) in [5.41, 5.74) is 7.22. The van der Waals surface area contributed by atoms with Crippen molar-refractivity contribution in [1.82, 2.24) is 0 Å². The van der Waals surface area contributed by atoms with Gasteiger partial charge in [0.05, 0.1) is 5.69 Å². The summed E-state index contributed by atoms with van der Waals surface area (Å²) in [5, 5.41) is 7.80. The molecule has 0 aliphatic rings. The second-order valence-corrected chi connectivity index (χ2v) is 9.52. The summed E-state index contributed by atoms with van der Waals surface area (Å²) in [6.45, 7) is 2.13. The van der Waals surface area contributed by atoms with Gasteiger partial charge in [0.25, 0.3) is 0 Å². The molecule has 0 saturated carbocycles. The molecule has 1 heteroatoms. The Balaban J connectivity index is 1.44. The minimum Gasteiger partial charge on any atom is -0.310 e. The molecule has 0 aliphatic heterocycles. The Kier molecular flexibility index (Phi) is 4.75. The van der Waals surface area contributed by atoms with E-state index in [0.717, 1.165) is 11.4 Å². The van der Waals surface area contributed by atoms with Crippen molar-refractivity contribution in [3.8, 4) is 11.1 Å². The largest absolute Gasteiger partial charge is 0.310 e. The Bertz CT molecular complexity index is 1800. The first-order valence-electron chi connectivity index (χ1n) is 12.5. The fourth-order valence-electron chi connectivity index (χ4n) is 5.47. The maximum Gasteiger partial charge on any atom is 0.0540 e. The summed E-state index contributed by atoms with van der Waals surface area (Å²) >= 11 is 0. The fourth-order valence-corrected chi connectivity index (χ4v) is 5.47. The first-order valence-corrected chi connectivity index (χ1v) is 12.5. The molecule has 0 bridgehead atoms. The molecule has 7 aromatic carbocycles. The van der Waals surface area contributed by atoms with Crippen LogP contribution in [0.15, 0.2) is 133 Å². The van der Waals surface area contributed by atoms with E-state index in [2.05, 4.69) is 145 Å². The zero-order chi connectivity index (χ0) is 24.1. The molecule has 0 amide bonds. The molecule has 7 rings (SSSR count). The molecule has 0 heterocycles. The van der Waals surface area contributed by atoms with Crippen molar-refractivity contribution in [2.75, 3.05) is 4.90 Å². The molecule has 0 aliphatic carbocycles. The third kappa shape index (κ3) is 3.32. The van der Waals surface area contributed by atoms with Gasteiger partial charge >= 0.3 is 0 Å². The minimum atomic E-state index is 1.15. The smallest absolute Gasteiger partial charge is 0.0540 e. The van der Waals surface area contributed by atoms with Crippen LogP contribution >= 0.6 is 0 Å². The average molecular weight is 460 g/mol. The Labute approximate surface area is 211 Å². The molecule has 36 heavy (non-hydrogen) atoms. The lowest BCUT2D eigenvalue weighted by Gasteiger charge is -2.28. The van der Waals surface area contributed by atoms with Crippen LogP contribution in [-0.2, 0) is 0 Å². The van der Waals surface area contributed by atoms with Crippen LogP contribution in [0.3, 0.4) is 0 Å². The summed E-state index contributed by atoms with van der Waals surface area (Å²) in [6.07, 6.45) is 0. The second kappa shape index (κ2) is 8.25. The summed E-state index contributed by atoms with van der Waals surface area (Å²) in [5.74, 6) is 0. The number of hydrogen-bond acceptors (Lipinski definition) is 1. The topological polar surface area (TPSA) is 3.24 Å². The molecule has 0 radical (unpaired) electrons. The molecule has 0 N–H and O–H groups in total. The van der Waals surface area contributed by atoms with Crippen molar-refractivity contribution in [1.29, 1.82) is 0 Å². The number of aryl methyl sites for hydroxylation is 1. The fraction of sp³-hybridized carbons (Fsp3) is 0.0286. The van der Waals surface area contributed by atoms with Crippen LogP contribution in [0.2, 0.25) is 0 Å². The van der Waals surface area contributed by atoms with Gasteiger partial charge in [-0.05, 0) is 75.3 Å². The highest BCUT2D eigenvalue weighted by Gasteiger charge is 2.18. The van der Waals surface area contributed by atoms with Gasteiger partial charge in [-0.1, -0.05) is 109 Å². The number of anilines is 3. The van der Waals surface area contributed by atoms with Gasteiger partial charge in [0, 0.05) is 16.8 Å². The van der Waals surface area contributed by atoms with E-state index in [-0.39, 0.29) is 0 Å². The third-order valence-electron chi connectivity index (χ3n) is 7.27. The van der Waals surface area contributed by atoms with Crippen LogP contribution in [0.5, 0.6) is 0 Å². The van der Waals surface area contributed by atoms with E-state index < -0.39 is 0 Å². The predicted octanol–water partition coefficient (Wildman–Crippen LogP) is 10.0. The van der Waals surface area contributed by atoms with Crippen LogP contribution in [0.1, 0.15) is 5.56 Å². The van der Waals surface area contributed by atoms with Crippen molar-refractivity contribution in [2.24, 2.45) is 0 Å². The summed E-state index contributed by atoms with van der Waals surface area (Å²) in [4.78, 5) is 2.38. The standard InChI is InChI=1S/C35H25N/c1-24-10-12-25(13-11-24)26-16-20-31(21-17-26)36(30-8-3-2-4-9-30)33-23-19-29-15-14-27-6-5-7-28-18-22-32(33)35(29)34(27)28/h2-23H,1H3. The van der Waals surface area contributed by atoms with Gasteiger partial charge in [-0.3, -0.25) is 0 Å². The van der Waals surface area contributed by atoms with Crippen molar-refractivity contribution < 1.29 is 0 Å². The van der Waals surface area contributed by atoms with E-state index in [4.69, 9.17) is 0 Å². The molecule has 0 fully saturated rings. The highest BCUT2D eigenvalue weighted by molar-refractivity contribution is 6.25. The average Bonchev–Trinajstić information content (AvgIpc) is 2.94. The molecule has 0 unspecified atom stereocenters. The Morgan fingerprint density at radius 1 is 0.417 bits per heavy atom. The van der Waals surface area contributed by atoms with E-state index in [1.54, 1.807) is 0 Å². The lowest BCUT2D eigenvalue weighted by atomic mass is 9.93. The molecule has 170 valence electrons. The highest BCUT2D eigenvalue weighted by Crippen LogP contribution is 2.43. The summed E-state index contributed by atoms with van der Waals surface area (Å²) in [7, 11) is 0. The SMILES string of the molecule is Cc1ccc(-c2ccc(N(c3ccccc3)c3ccc4ccc5cccc6ccc3c4c56)cc2)cc1. The van der Waals surface area contributed by atoms with Gasteiger partial charge in [-0.25, -0.2) is 0 Å². The number of para-hydroxylation sites is 1. The minimum absolute atomic E-state index is 1.15. The zero-order valence-electron chi connectivity index (χ0n) is 20.1. The van der Waals surface area contributed by atoms with Gasteiger partial charge in [-0.15, -0.1) is 0 Å². The van der Waals surface area contributed by atoms with E-state index >= 15 is 0 Å². The lowest BCUT2D eigenvalue weighted by molar-refractivity contribution is 1.30. The van der Waals surface area contributed by atoms with E-state index in [1.807, 2.05) is 0 Å². The van der Waals surface area contributed by atoms with Crippen molar-refractivity contribution in [2.45, 2.75) is 6.92 Å². The van der Waals surface area contributed by atoms with E-state index in [1.165, 1.54) is 54.7 Å². The second-order valence-electron chi connectivity index (χ2n) is 9.52. The number of benzene rings is 7. The third-order valence-corrected chi connectivity index (χ3v) is 7.27. The number of hydrogen-bond donors (Lipinski definition) is 0. The highest BCUT2D eigenvalue weighted by atomic mass is 15.1. The molecule has 0 aromatic heterocycles. The monoisotopic (exact) mass is 459 g/mol. The van der Waals surface area contributed by atoms with Crippen LogP contribution in [0, 0.1) is 6.92 Å². The summed E-state index contributed by atoms with van der Waals surface area (Å²) in [6, 6.07) is 48.5. The Hall–Kier alpha value is -4.62. The molecule has 0 atom stereocenters. The van der Waals surface area contributed by atoms with E-state index in [9.17, 15) is 0 Å². The number of rotatable bonds is 4. The van der Waals surface area contributed by atoms with Crippen LogP contribution < -0.4 is 4.90 Å². The molecule has 7 aromatic rings. The Morgan fingerprint density at radius 3 is 1.67 bits per heavy atom. The normalized spacial score (nSPS) is 11.5. The van der Waals surface area contributed by atoms with Crippen LogP contribution in [-0.4, -0.2) is 0 Å². The maximum atomic E-state index is 2.38. The quantitative estimate of drug-likeness (QED) is 0.237. The summed E-state index contributed by atoms with van der Waals surface area (Å²) < 4.78 is 0. The molecule has 1 nitrogen and oxygen atoms in total. The van der Waals surface area contributed by atoms with Gasteiger partial charge in [-0.2, -0.15) is 0 Å². The van der Waals surface area contributed by atoms with Gasteiger partial charge < -0.3 is 4.90 Å². The molecule has 0 saturated heterocycles. The van der Waals surface area contributed by atoms with Gasteiger partial charge in [0.15, 0.2) is 0 Å². The zero-order valence-corrected chi connectivity index (χ0v) is 20.1. The van der Waals surface area contributed by atoms with Crippen LogP contribution in [0.4, 0.5) is 17.1 Å². The molecular weight excluding hydrogens is 434 g/mol. The number of nitrogens with zero attached hydrogens (tertiary/aromatic N) is 1. The van der Waals surface area contributed by atoms with E-state index in [0.29, 0.717) is 0 Å². The van der Waals surface area contributed by atoms with Gasteiger partial charge in [0.1, 0.15) is 0 Å². The first kappa shape index (κ1) is 20.7. The van der Waals surface area contributed by atoms with Crippen molar-refractivity contribution in [3.63, 3.8) is 0 Å². The first-order chi connectivity index (χ1) is 17.8. The molecule has 0 spiro atoms. The Morgan fingerprint density at radius 2 is 0.972 bits per heavy atom. The van der Waals surface area contributed by atoms with Gasteiger partial charge in [0.2, 0.25) is 0 Å². The predicted molar refractivity (Wildman–Crippen MR) is 155 cm³/mol.